The lowest BCUT2D eigenvalue weighted by molar-refractivity contribution is 0.0954. The van der Waals surface area contributed by atoms with Gasteiger partial charge in [-0.25, -0.2) is 4.98 Å². The van der Waals surface area contributed by atoms with Crippen molar-refractivity contribution in [3.8, 4) is 0 Å². The number of rotatable bonds is 5. The Hall–Kier alpha value is -2.62. The molecule has 1 N–H and O–H groups in total. The fourth-order valence-electron chi connectivity index (χ4n) is 3.02. The van der Waals surface area contributed by atoms with Crippen molar-refractivity contribution >= 4 is 16.7 Å². The Balaban J connectivity index is 1.44. The highest BCUT2D eigenvalue weighted by Crippen LogP contribution is 2.38. The van der Waals surface area contributed by atoms with E-state index in [4.69, 9.17) is 0 Å². The van der Waals surface area contributed by atoms with Gasteiger partial charge in [0, 0.05) is 37.0 Å². The summed E-state index contributed by atoms with van der Waals surface area (Å²) in [7, 11) is 0. The van der Waals surface area contributed by atoms with Crippen LogP contribution in [0.1, 0.15) is 34.9 Å². The van der Waals surface area contributed by atoms with E-state index in [2.05, 4.69) is 14.9 Å². The third-order valence-corrected chi connectivity index (χ3v) is 4.36. The van der Waals surface area contributed by atoms with Gasteiger partial charge in [-0.3, -0.25) is 4.79 Å². The van der Waals surface area contributed by atoms with E-state index in [0.717, 1.165) is 28.7 Å². The van der Waals surface area contributed by atoms with Gasteiger partial charge in [-0.15, -0.1) is 0 Å². The molecule has 1 aliphatic rings. The molecule has 1 saturated carbocycles. The molecule has 116 valence electrons. The molecule has 2 aromatic carbocycles. The van der Waals surface area contributed by atoms with Crippen LogP contribution >= 0.6 is 0 Å². The van der Waals surface area contributed by atoms with Crippen molar-refractivity contribution in [1.29, 1.82) is 0 Å². The van der Waals surface area contributed by atoms with Gasteiger partial charge in [0.05, 0.1) is 0 Å². The average Bonchev–Trinajstić information content (AvgIpc) is 3.33. The Labute approximate surface area is 135 Å². The first-order chi connectivity index (χ1) is 11.3. The molecule has 23 heavy (non-hydrogen) atoms. The second-order valence-electron chi connectivity index (χ2n) is 6.04. The summed E-state index contributed by atoms with van der Waals surface area (Å²) in [5.41, 5.74) is 0.733. The first-order valence-electron chi connectivity index (χ1n) is 8.10. The molecule has 0 unspecified atom stereocenters. The zero-order valence-electron chi connectivity index (χ0n) is 12.9. The van der Waals surface area contributed by atoms with Crippen LogP contribution in [-0.2, 0) is 6.54 Å². The van der Waals surface area contributed by atoms with Crippen LogP contribution in [0.15, 0.2) is 54.9 Å². The molecule has 1 aromatic heterocycles. The number of amides is 1. The lowest BCUT2D eigenvalue weighted by atomic mass is 10.0. The van der Waals surface area contributed by atoms with Crippen LogP contribution < -0.4 is 5.32 Å². The first kappa shape index (κ1) is 14.0. The number of carbonyl (C=O) groups is 1. The third kappa shape index (κ3) is 2.84. The van der Waals surface area contributed by atoms with Crippen molar-refractivity contribution in [2.24, 2.45) is 0 Å². The van der Waals surface area contributed by atoms with Crippen LogP contribution in [0.4, 0.5) is 0 Å². The smallest absolute Gasteiger partial charge is 0.251 e. The van der Waals surface area contributed by atoms with E-state index >= 15 is 0 Å². The van der Waals surface area contributed by atoms with Crippen LogP contribution in [0.25, 0.3) is 10.8 Å². The maximum absolute atomic E-state index is 12.5. The van der Waals surface area contributed by atoms with Crippen LogP contribution in [0.2, 0.25) is 0 Å². The van der Waals surface area contributed by atoms with Crippen molar-refractivity contribution in [3.63, 3.8) is 0 Å². The van der Waals surface area contributed by atoms with E-state index in [1.165, 1.54) is 12.8 Å². The summed E-state index contributed by atoms with van der Waals surface area (Å²) in [5, 5.41) is 5.11. The highest BCUT2D eigenvalue weighted by atomic mass is 16.1. The minimum absolute atomic E-state index is 0.0186. The molecule has 0 atom stereocenters. The van der Waals surface area contributed by atoms with E-state index in [1.807, 2.05) is 54.9 Å². The van der Waals surface area contributed by atoms with Gasteiger partial charge in [0.25, 0.3) is 5.91 Å². The first-order valence-corrected chi connectivity index (χ1v) is 8.10. The largest absolute Gasteiger partial charge is 0.350 e. The molecule has 1 fully saturated rings. The summed E-state index contributed by atoms with van der Waals surface area (Å²) in [6.07, 6.45) is 6.32. The van der Waals surface area contributed by atoms with Crippen LogP contribution in [0.5, 0.6) is 0 Å². The summed E-state index contributed by atoms with van der Waals surface area (Å²) < 4.78 is 2.15. The van der Waals surface area contributed by atoms with E-state index in [0.29, 0.717) is 12.5 Å². The van der Waals surface area contributed by atoms with Crippen LogP contribution in [0, 0.1) is 0 Å². The van der Waals surface area contributed by atoms with Crippen molar-refractivity contribution in [1.82, 2.24) is 14.9 Å². The molecule has 3 aromatic rings. The fraction of sp³-hybridized carbons (Fsp3) is 0.263. The molecule has 1 amide bonds. The minimum Gasteiger partial charge on any atom is -0.350 e. The SMILES string of the molecule is O=C(NCCn1ccnc1C1CC1)c1cccc2ccccc12. The van der Waals surface area contributed by atoms with Gasteiger partial charge >= 0.3 is 0 Å². The third-order valence-electron chi connectivity index (χ3n) is 4.36. The van der Waals surface area contributed by atoms with E-state index in [-0.39, 0.29) is 5.91 Å². The number of nitrogens with zero attached hydrogens (tertiary/aromatic N) is 2. The van der Waals surface area contributed by atoms with E-state index in [1.54, 1.807) is 0 Å². The number of hydrogen-bond acceptors (Lipinski definition) is 2. The minimum atomic E-state index is -0.0186. The zero-order chi connectivity index (χ0) is 15.6. The quantitative estimate of drug-likeness (QED) is 0.786. The molecule has 4 nitrogen and oxygen atoms in total. The number of imidazole rings is 1. The van der Waals surface area contributed by atoms with Gasteiger partial charge in [-0.1, -0.05) is 36.4 Å². The van der Waals surface area contributed by atoms with Crippen molar-refractivity contribution in [2.45, 2.75) is 25.3 Å². The normalized spacial score (nSPS) is 14.1. The molecule has 0 radical (unpaired) electrons. The highest BCUT2D eigenvalue weighted by Gasteiger charge is 2.27. The Bertz CT molecular complexity index is 843. The lowest BCUT2D eigenvalue weighted by Crippen LogP contribution is -2.27. The zero-order valence-corrected chi connectivity index (χ0v) is 12.9. The topological polar surface area (TPSA) is 46.9 Å². The Morgan fingerprint density at radius 1 is 1.17 bits per heavy atom. The van der Waals surface area contributed by atoms with E-state index in [9.17, 15) is 4.79 Å². The number of hydrogen-bond donors (Lipinski definition) is 1. The van der Waals surface area contributed by atoms with Gasteiger partial charge < -0.3 is 9.88 Å². The Morgan fingerprint density at radius 2 is 2.00 bits per heavy atom. The van der Waals surface area contributed by atoms with Gasteiger partial charge in [0.15, 0.2) is 0 Å². The number of aromatic nitrogens is 2. The molecule has 1 heterocycles. The average molecular weight is 305 g/mol. The number of benzene rings is 2. The second kappa shape index (κ2) is 5.88. The van der Waals surface area contributed by atoms with Gasteiger partial charge in [0.2, 0.25) is 0 Å². The van der Waals surface area contributed by atoms with Crippen molar-refractivity contribution < 1.29 is 4.79 Å². The molecule has 4 heteroatoms. The fourth-order valence-corrected chi connectivity index (χ4v) is 3.02. The molecule has 0 spiro atoms. The van der Waals surface area contributed by atoms with Crippen molar-refractivity contribution in [2.75, 3.05) is 6.54 Å². The number of nitrogens with one attached hydrogen (secondary N) is 1. The molecule has 0 saturated heterocycles. The van der Waals surface area contributed by atoms with Gasteiger partial charge in [0.1, 0.15) is 5.82 Å². The molecular weight excluding hydrogens is 286 g/mol. The van der Waals surface area contributed by atoms with Gasteiger partial charge in [-0.2, -0.15) is 0 Å². The summed E-state index contributed by atoms with van der Waals surface area (Å²) in [5.74, 6) is 1.76. The highest BCUT2D eigenvalue weighted by molar-refractivity contribution is 6.06. The second-order valence-corrected chi connectivity index (χ2v) is 6.04. The summed E-state index contributed by atoms with van der Waals surface area (Å²) in [6, 6.07) is 13.8. The standard InChI is InChI=1S/C19H19N3O/c23-19(17-7-3-5-14-4-1-2-6-16(14)17)21-11-13-22-12-10-20-18(22)15-8-9-15/h1-7,10,12,15H,8-9,11,13H2,(H,21,23). The maximum Gasteiger partial charge on any atom is 0.251 e. The number of fused-ring (bicyclic) bond motifs is 1. The predicted octanol–water partition coefficient (Wildman–Crippen LogP) is 3.34. The predicted molar refractivity (Wildman–Crippen MR) is 90.5 cm³/mol. The van der Waals surface area contributed by atoms with E-state index < -0.39 is 0 Å². The Kier molecular flexibility index (Phi) is 3.58. The molecule has 0 aliphatic heterocycles. The Morgan fingerprint density at radius 3 is 2.87 bits per heavy atom. The molecular formula is C19H19N3O. The summed E-state index contributed by atoms with van der Waals surface area (Å²) in [4.78, 5) is 16.9. The lowest BCUT2D eigenvalue weighted by Gasteiger charge is -2.10. The molecule has 4 rings (SSSR count). The molecule has 1 aliphatic carbocycles. The van der Waals surface area contributed by atoms with Crippen LogP contribution in [0.3, 0.4) is 0 Å². The summed E-state index contributed by atoms with van der Waals surface area (Å²) in [6.45, 7) is 1.38. The monoisotopic (exact) mass is 305 g/mol. The van der Waals surface area contributed by atoms with Gasteiger partial charge in [-0.05, 0) is 29.7 Å². The van der Waals surface area contributed by atoms with Crippen LogP contribution in [-0.4, -0.2) is 22.0 Å². The van der Waals surface area contributed by atoms with Crippen molar-refractivity contribution in [3.05, 3.63) is 66.2 Å². The maximum atomic E-state index is 12.5. The summed E-state index contributed by atoms with van der Waals surface area (Å²) >= 11 is 0. The number of carbonyl (C=O) groups excluding carboxylic acids is 1. The molecule has 0 bridgehead atoms.